The van der Waals surface area contributed by atoms with E-state index in [2.05, 4.69) is 12.2 Å². The van der Waals surface area contributed by atoms with Gasteiger partial charge in [0, 0.05) is 0 Å². The Morgan fingerprint density at radius 3 is 2.36 bits per heavy atom. The number of nitrogens with one attached hydrogen (secondary N) is 1. The van der Waals surface area contributed by atoms with Crippen molar-refractivity contribution in [2.75, 3.05) is 6.54 Å². The Balaban J connectivity index is 3.23. The number of aliphatic hydroxyl groups is 1. The van der Waals surface area contributed by atoms with Gasteiger partial charge in [-0.3, -0.25) is 5.32 Å². The quantitative estimate of drug-likeness (QED) is 0.458. The van der Waals surface area contributed by atoms with E-state index in [0.717, 1.165) is 19.4 Å². The van der Waals surface area contributed by atoms with Crippen LogP contribution in [0.15, 0.2) is 0 Å². The highest BCUT2D eigenvalue weighted by molar-refractivity contribution is 4.66. The molecule has 0 aromatic carbocycles. The molecule has 0 aliphatic rings. The fourth-order valence-electron chi connectivity index (χ4n) is 0.858. The van der Waals surface area contributed by atoms with Crippen LogP contribution in [-0.4, -0.2) is 17.4 Å². The molecule has 0 amide bonds. The monoisotopic (exact) mass is 159 g/mol. The van der Waals surface area contributed by atoms with E-state index in [1.807, 2.05) is 13.8 Å². The van der Waals surface area contributed by atoms with Gasteiger partial charge in [0.15, 0.2) is 0 Å². The Labute approximate surface area is 70.0 Å². The Morgan fingerprint density at radius 2 is 1.91 bits per heavy atom. The maximum absolute atomic E-state index is 9.51. The fraction of sp³-hybridized carbons (Fsp3) is 1.00. The van der Waals surface area contributed by atoms with Crippen LogP contribution in [0.3, 0.4) is 0 Å². The van der Waals surface area contributed by atoms with Gasteiger partial charge < -0.3 is 5.11 Å². The molecule has 2 nitrogen and oxygen atoms in total. The van der Waals surface area contributed by atoms with Crippen molar-refractivity contribution in [1.82, 2.24) is 5.32 Å². The van der Waals surface area contributed by atoms with E-state index in [1.54, 1.807) is 0 Å². The summed E-state index contributed by atoms with van der Waals surface area (Å²) in [6.07, 6.45) is 4.40. The third-order valence-electron chi connectivity index (χ3n) is 1.97. The molecule has 0 spiro atoms. The van der Waals surface area contributed by atoms with Gasteiger partial charge in [0.05, 0.1) is 0 Å². The summed E-state index contributed by atoms with van der Waals surface area (Å²) in [6.45, 7) is 6.90. The highest BCUT2D eigenvalue weighted by atomic mass is 16.3. The summed E-state index contributed by atoms with van der Waals surface area (Å²) in [6, 6.07) is 0. The molecular weight excluding hydrogens is 138 g/mol. The second-order valence-corrected chi connectivity index (χ2v) is 3.26. The fourth-order valence-corrected chi connectivity index (χ4v) is 0.858. The summed E-state index contributed by atoms with van der Waals surface area (Å²) in [5, 5.41) is 12.6. The minimum atomic E-state index is -0.659. The summed E-state index contributed by atoms with van der Waals surface area (Å²) in [4.78, 5) is 0. The van der Waals surface area contributed by atoms with Crippen molar-refractivity contribution >= 4 is 0 Å². The summed E-state index contributed by atoms with van der Waals surface area (Å²) in [5.74, 6) is 0. The van der Waals surface area contributed by atoms with Gasteiger partial charge in [-0.05, 0) is 26.3 Å². The molecule has 0 aromatic rings. The molecule has 0 aliphatic heterocycles. The van der Waals surface area contributed by atoms with Crippen molar-refractivity contribution in [3.05, 3.63) is 0 Å². The SMILES string of the molecule is CCCCCNC(C)(O)CC. The van der Waals surface area contributed by atoms with Crippen LogP contribution in [-0.2, 0) is 0 Å². The molecule has 0 radical (unpaired) electrons. The number of unbranched alkanes of at least 4 members (excludes halogenated alkanes) is 2. The van der Waals surface area contributed by atoms with Gasteiger partial charge in [-0.25, -0.2) is 0 Å². The molecule has 68 valence electrons. The molecule has 11 heavy (non-hydrogen) atoms. The van der Waals surface area contributed by atoms with E-state index >= 15 is 0 Å². The van der Waals surface area contributed by atoms with Crippen molar-refractivity contribution in [3.8, 4) is 0 Å². The lowest BCUT2D eigenvalue weighted by Crippen LogP contribution is -2.41. The van der Waals surface area contributed by atoms with Gasteiger partial charge in [0.25, 0.3) is 0 Å². The third kappa shape index (κ3) is 6.32. The predicted octanol–water partition coefficient (Wildman–Crippen LogP) is 1.88. The first-order valence-corrected chi connectivity index (χ1v) is 4.59. The molecule has 0 fully saturated rings. The Morgan fingerprint density at radius 1 is 1.27 bits per heavy atom. The van der Waals surface area contributed by atoms with Crippen LogP contribution in [0.25, 0.3) is 0 Å². The van der Waals surface area contributed by atoms with E-state index in [9.17, 15) is 5.11 Å². The molecular formula is C9H21NO. The van der Waals surface area contributed by atoms with Crippen molar-refractivity contribution < 1.29 is 5.11 Å². The minimum Gasteiger partial charge on any atom is -0.376 e. The number of rotatable bonds is 6. The van der Waals surface area contributed by atoms with E-state index in [4.69, 9.17) is 0 Å². The average molecular weight is 159 g/mol. The number of hydrogen-bond acceptors (Lipinski definition) is 2. The molecule has 0 saturated carbocycles. The largest absolute Gasteiger partial charge is 0.376 e. The van der Waals surface area contributed by atoms with Crippen LogP contribution in [0.5, 0.6) is 0 Å². The molecule has 0 rings (SSSR count). The van der Waals surface area contributed by atoms with Crippen LogP contribution in [0.4, 0.5) is 0 Å². The molecule has 2 N–H and O–H groups in total. The normalized spacial score (nSPS) is 16.4. The zero-order valence-electron chi connectivity index (χ0n) is 7.98. The smallest absolute Gasteiger partial charge is 0.112 e. The predicted molar refractivity (Wildman–Crippen MR) is 48.4 cm³/mol. The van der Waals surface area contributed by atoms with Crippen molar-refractivity contribution in [3.63, 3.8) is 0 Å². The van der Waals surface area contributed by atoms with Crippen LogP contribution in [0.2, 0.25) is 0 Å². The van der Waals surface area contributed by atoms with Crippen LogP contribution >= 0.6 is 0 Å². The Bertz CT molecular complexity index is 91.6. The minimum absolute atomic E-state index is 0.659. The lowest BCUT2D eigenvalue weighted by Gasteiger charge is -2.22. The van der Waals surface area contributed by atoms with Gasteiger partial charge >= 0.3 is 0 Å². The summed E-state index contributed by atoms with van der Waals surface area (Å²) in [7, 11) is 0. The molecule has 2 heteroatoms. The van der Waals surface area contributed by atoms with Gasteiger partial charge in [0.1, 0.15) is 5.72 Å². The standard InChI is InChI=1S/C9H21NO/c1-4-6-7-8-10-9(3,11)5-2/h10-11H,4-8H2,1-3H3. The van der Waals surface area contributed by atoms with E-state index < -0.39 is 5.72 Å². The number of hydrogen-bond donors (Lipinski definition) is 2. The maximum atomic E-state index is 9.51. The summed E-state index contributed by atoms with van der Waals surface area (Å²) in [5.41, 5.74) is -0.659. The van der Waals surface area contributed by atoms with E-state index in [0.29, 0.717) is 0 Å². The molecule has 0 bridgehead atoms. The first kappa shape index (κ1) is 10.9. The lowest BCUT2D eigenvalue weighted by molar-refractivity contribution is 0.0203. The first-order chi connectivity index (χ1) is 5.12. The van der Waals surface area contributed by atoms with Crippen LogP contribution < -0.4 is 5.32 Å². The molecule has 0 aliphatic carbocycles. The maximum Gasteiger partial charge on any atom is 0.112 e. The topological polar surface area (TPSA) is 32.3 Å². The first-order valence-electron chi connectivity index (χ1n) is 4.59. The Hall–Kier alpha value is -0.0800. The highest BCUT2D eigenvalue weighted by Crippen LogP contribution is 2.03. The molecule has 0 heterocycles. The van der Waals surface area contributed by atoms with Crippen molar-refractivity contribution in [2.45, 2.75) is 52.2 Å². The van der Waals surface area contributed by atoms with Gasteiger partial charge in [-0.15, -0.1) is 0 Å². The Kier molecular flexibility index (Phi) is 5.51. The second-order valence-electron chi connectivity index (χ2n) is 3.26. The van der Waals surface area contributed by atoms with Crippen molar-refractivity contribution in [1.29, 1.82) is 0 Å². The lowest BCUT2D eigenvalue weighted by atomic mass is 10.2. The van der Waals surface area contributed by atoms with Gasteiger partial charge in [0.2, 0.25) is 0 Å². The molecule has 1 atom stereocenters. The highest BCUT2D eigenvalue weighted by Gasteiger charge is 2.14. The second kappa shape index (κ2) is 5.56. The summed E-state index contributed by atoms with van der Waals surface area (Å²) >= 11 is 0. The molecule has 1 unspecified atom stereocenters. The van der Waals surface area contributed by atoms with Crippen LogP contribution in [0.1, 0.15) is 46.5 Å². The third-order valence-corrected chi connectivity index (χ3v) is 1.97. The summed E-state index contributed by atoms with van der Waals surface area (Å²) < 4.78 is 0. The van der Waals surface area contributed by atoms with E-state index in [-0.39, 0.29) is 0 Å². The average Bonchev–Trinajstić information content (AvgIpc) is 1.99. The zero-order chi connectivity index (χ0) is 8.74. The molecule has 0 aromatic heterocycles. The zero-order valence-corrected chi connectivity index (χ0v) is 7.98. The van der Waals surface area contributed by atoms with E-state index in [1.165, 1.54) is 12.8 Å². The molecule has 0 saturated heterocycles. The van der Waals surface area contributed by atoms with Crippen LogP contribution in [0, 0.1) is 0 Å². The van der Waals surface area contributed by atoms with Crippen molar-refractivity contribution in [2.24, 2.45) is 0 Å². The van der Waals surface area contributed by atoms with Gasteiger partial charge in [-0.1, -0.05) is 26.7 Å². The van der Waals surface area contributed by atoms with Gasteiger partial charge in [-0.2, -0.15) is 0 Å².